The molecule has 2 nitrogen and oxygen atoms in total. The number of thiazole rings is 1. The molecule has 0 aromatic carbocycles. The van der Waals surface area contributed by atoms with E-state index >= 15 is 0 Å². The number of aromatic nitrogens is 1. The molecule has 13 heavy (non-hydrogen) atoms. The van der Waals surface area contributed by atoms with Crippen molar-refractivity contribution in [3.63, 3.8) is 0 Å². The van der Waals surface area contributed by atoms with Gasteiger partial charge in [0.15, 0.2) is 0 Å². The molecule has 2 N–H and O–H groups in total. The first-order valence-electron chi connectivity index (χ1n) is 4.93. The molecule has 72 valence electrons. The molecule has 1 aliphatic rings. The standard InChI is InChI=1S/C10H16N2S/c1-7-10(13-6-12-7)9(11)5-4-8-2-3-8/h6,8-9H,2-5,11H2,1H3. The van der Waals surface area contributed by atoms with E-state index in [9.17, 15) is 0 Å². The first-order valence-corrected chi connectivity index (χ1v) is 5.81. The molecule has 2 rings (SSSR count). The summed E-state index contributed by atoms with van der Waals surface area (Å²) in [5.74, 6) is 0.985. The first-order chi connectivity index (χ1) is 6.27. The van der Waals surface area contributed by atoms with E-state index in [2.05, 4.69) is 4.98 Å². The van der Waals surface area contributed by atoms with Crippen molar-refractivity contribution in [1.82, 2.24) is 4.98 Å². The molecule has 0 amide bonds. The molecule has 1 unspecified atom stereocenters. The summed E-state index contributed by atoms with van der Waals surface area (Å²) in [6.45, 7) is 2.04. The molecule has 1 atom stereocenters. The molecule has 1 aromatic heterocycles. The number of nitrogens with two attached hydrogens (primary N) is 1. The van der Waals surface area contributed by atoms with Crippen molar-refractivity contribution in [2.75, 3.05) is 0 Å². The van der Waals surface area contributed by atoms with Crippen LogP contribution in [-0.4, -0.2) is 4.98 Å². The van der Waals surface area contributed by atoms with Gasteiger partial charge in [-0.3, -0.25) is 0 Å². The quantitative estimate of drug-likeness (QED) is 0.804. The summed E-state index contributed by atoms with van der Waals surface area (Å²) >= 11 is 1.69. The summed E-state index contributed by atoms with van der Waals surface area (Å²) in [5.41, 5.74) is 9.10. The minimum Gasteiger partial charge on any atom is -0.323 e. The fraction of sp³-hybridized carbons (Fsp3) is 0.700. The lowest BCUT2D eigenvalue weighted by Crippen LogP contribution is -2.10. The Bertz CT molecular complexity index is 278. The number of rotatable bonds is 4. The maximum Gasteiger partial charge on any atom is 0.0798 e. The molecule has 0 spiro atoms. The van der Waals surface area contributed by atoms with Crippen LogP contribution in [-0.2, 0) is 0 Å². The maximum atomic E-state index is 6.09. The van der Waals surface area contributed by atoms with E-state index in [4.69, 9.17) is 5.73 Å². The van der Waals surface area contributed by atoms with Gasteiger partial charge in [-0.1, -0.05) is 12.8 Å². The lowest BCUT2D eigenvalue weighted by Gasteiger charge is -2.09. The second-order valence-corrected chi connectivity index (χ2v) is 4.82. The van der Waals surface area contributed by atoms with Crippen LogP contribution in [0.2, 0.25) is 0 Å². The van der Waals surface area contributed by atoms with Crippen molar-refractivity contribution in [2.45, 2.75) is 38.6 Å². The van der Waals surface area contributed by atoms with Crippen LogP contribution in [0, 0.1) is 12.8 Å². The molecule has 1 fully saturated rings. The maximum absolute atomic E-state index is 6.09. The Morgan fingerprint density at radius 1 is 1.69 bits per heavy atom. The summed E-state index contributed by atoms with van der Waals surface area (Å²) in [5, 5.41) is 0. The Kier molecular flexibility index (Phi) is 2.65. The van der Waals surface area contributed by atoms with Crippen LogP contribution in [0.1, 0.15) is 42.3 Å². The molecular weight excluding hydrogens is 180 g/mol. The summed E-state index contributed by atoms with van der Waals surface area (Å²) in [6.07, 6.45) is 5.29. The highest BCUT2D eigenvalue weighted by molar-refractivity contribution is 7.09. The van der Waals surface area contributed by atoms with Gasteiger partial charge < -0.3 is 5.73 Å². The highest BCUT2D eigenvalue weighted by atomic mass is 32.1. The Hall–Kier alpha value is -0.410. The van der Waals surface area contributed by atoms with Crippen LogP contribution < -0.4 is 5.73 Å². The lowest BCUT2D eigenvalue weighted by molar-refractivity contribution is 0.579. The van der Waals surface area contributed by atoms with Crippen LogP contribution in [0.5, 0.6) is 0 Å². The third-order valence-corrected chi connectivity index (χ3v) is 3.77. The molecule has 0 saturated heterocycles. The molecule has 0 radical (unpaired) electrons. The van der Waals surface area contributed by atoms with Crippen LogP contribution in [0.15, 0.2) is 5.51 Å². The topological polar surface area (TPSA) is 38.9 Å². The number of aryl methyl sites for hydroxylation is 1. The van der Waals surface area contributed by atoms with E-state index in [0.717, 1.165) is 18.0 Å². The first kappa shape index (κ1) is 9.16. The Labute approximate surface area is 83.2 Å². The summed E-state index contributed by atoms with van der Waals surface area (Å²) in [6, 6.07) is 0.230. The van der Waals surface area contributed by atoms with E-state index in [1.54, 1.807) is 11.3 Å². The zero-order valence-electron chi connectivity index (χ0n) is 7.99. The van der Waals surface area contributed by atoms with Gasteiger partial charge in [-0.15, -0.1) is 11.3 Å². The monoisotopic (exact) mass is 196 g/mol. The second kappa shape index (κ2) is 3.76. The van der Waals surface area contributed by atoms with Crippen LogP contribution in [0.4, 0.5) is 0 Å². The van der Waals surface area contributed by atoms with Crippen molar-refractivity contribution in [3.05, 3.63) is 16.1 Å². The highest BCUT2D eigenvalue weighted by Gasteiger charge is 2.22. The molecule has 1 aromatic rings. The number of hydrogen-bond acceptors (Lipinski definition) is 3. The molecule has 1 aliphatic carbocycles. The lowest BCUT2D eigenvalue weighted by atomic mass is 10.1. The molecule has 1 heterocycles. The molecule has 1 saturated carbocycles. The third kappa shape index (κ3) is 2.29. The van der Waals surface area contributed by atoms with Crippen molar-refractivity contribution >= 4 is 11.3 Å². The van der Waals surface area contributed by atoms with Crippen molar-refractivity contribution in [3.8, 4) is 0 Å². The van der Waals surface area contributed by atoms with Gasteiger partial charge in [-0.05, 0) is 25.7 Å². The fourth-order valence-electron chi connectivity index (χ4n) is 1.62. The number of nitrogens with zero attached hydrogens (tertiary/aromatic N) is 1. The van der Waals surface area contributed by atoms with E-state index in [1.807, 2.05) is 12.4 Å². The fourth-order valence-corrected chi connectivity index (χ4v) is 2.46. The average molecular weight is 196 g/mol. The highest BCUT2D eigenvalue weighted by Crippen LogP contribution is 2.36. The Morgan fingerprint density at radius 2 is 2.46 bits per heavy atom. The molecule has 3 heteroatoms. The number of hydrogen-bond donors (Lipinski definition) is 1. The SMILES string of the molecule is Cc1ncsc1C(N)CCC1CC1. The molecule has 0 aliphatic heterocycles. The zero-order chi connectivity index (χ0) is 9.26. The van der Waals surface area contributed by atoms with E-state index < -0.39 is 0 Å². The smallest absolute Gasteiger partial charge is 0.0798 e. The predicted octanol–water partition coefficient (Wildman–Crippen LogP) is 2.64. The van der Waals surface area contributed by atoms with Gasteiger partial charge in [0.1, 0.15) is 0 Å². The van der Waals surface area contributed by atoms with Crippen molar-refractivity contribution in [1.29, 1.82) is 0 Å². The average Bonchev–Trinajstić information content (AvgIpc) is 2.84. The van der Waals surface area contributed by atoms with Crippen molar-refractivity contribution in [2.24, 2.45) is 11.7 Å². The van der Waals surface area contributed by atoms with Gasteiger partial charge in [0.05, 0.1) is 11.2 Å². The Morgan fingerprint density at radius 3 is 3.00 bits per heavy atom. The van der Waals surface area contributed by atoms with Gasteiger partial charge in [-0.25, -0.2) is 4.98 Å². The van der Waals surface area contributed by atoms with Gasteiger partial charge in [0.2, 0.25) is 0 Å². The van der Waals surface area contributed by atoms with Gasteiger partial charge in [0, 0.05) is 10.9 Å². The largest absolute Gasteiger partial charge is 0.323 e. The zero-order valence-corrected chi connectivity index (χ0v) is 8.81. The van der Waals surface area contributed by atoms with Gasteiger partial charge in [0.25, 0.3) is 0 Å². The van der Waals surface area contributed by atoms with E-state index in [1.165, 1.54) is 24.1 Å². The van der Waals surface area contributed by atoms with Gasteiger partial charge in [-0.2, -0.15) is 0 Å². The van der Waals surface area contributed by atoms with E-state index in [0.29, 0.717) is 0 Å². The van der Waals surface area contributed by atoms with Crippen LogP contribution in [0.3, 0.4) is 0 Å². The minimum atomic E-state index is 0.230. The third-order valence-electron chi connectivity index (χ3n) is 2.70. The van der Waals surface area contributed by atoms with Crippen LogP contribution in [0.25, 0.3) is 0 Å². The molecular formula is C10H16N2S. The predicted molar refractivity (Wildman–Crippen MR) is 55.7 cm³/mol. The van der Waals surface area contributed by atoms with Gasteiger partial charge >= 0.3 is 0 Å². The summed E-state index contributed by atoms with van der Waals surface area (Å²) < 4.78 is 0. The van der Waals surface area contributed by atoms with E-state index in [-0.39, 0.29) is 6.04 Å². The Balaban J connectivity index is 1.88. The van der Waals surface area contributed by atoms with Crippen molar-refractivity contribution < 1.29 is 0 Å². The summed E-state index contributed by atoms with van der Waals surface area (Å²) in [4.78, 5) is 5.50. The summed E-state index contributed by atoms with van der Waals surface area (Å²) in [7, 11) is 0. The minimum absolute atomic E-state index is 0.230. The second-order valence-electron chi connectivity index (χ2n) is 3.93. The normalized spacial score (nSPS) is 18.9. The van der Waals surface area contributed by atoms with Crippen LogP contribution >= 0.6 is 11.3 Å². The molecule has 0 bridgehead atoms.